The number of hydrogen-bond acceptors (Lipinski definition) is 3. The Hall–Kier alpha value is -1.68. The van der Waals surface area contributed by atoms with Crippen LogP contribution in [0.3, 0.4) is 0 Å². The molecular formula is C19H13Cl3NO2. The minimum absolute atomic E-state index is 0.281. The summed E-state index contributed by atoms with van der Waals surface area (Å²) in [5.74, 6) is 1.78. The van der Waals surface area contributed by atoms with Gasteiger partial charge in [-0.2, -0.15) is 0 Å². The summed E-state index contributed by atoms with van der Waals surface area (Å²) in [6, 6.07) is 13.7. The highest BCUT2D eigenvalue weighted by molar-refractivity contribution is 6.39. The highest BCUT2D eigenvalue weighted by atomic mass is 35.5. The van der Waals surface area contributed by atoms with Gasteiger partial charge in [-0.25, -0.2) is 0 Å². The number of ether oxygens (including phenoxy) is 1. The molecule has 1 saturated carbocycles. The summed E-state index contributed by atoms with van der Waals surface area (Å²) in [4.78, 5) is 0. The SMILES string of the molecule is Clc1[c]c(OCc2c(-c3c(Cl)cccc3Cl)noc2C2CC2)ccc1. The van der Waals surface area contributed by atoms with E-state index in [1.807, 2.05) is 6.07 Å². The highest BCUT2D eigenvalue weighted by Crippen LogP contribution is 2.46. The van der Waals surface area contributed by atoms with Crippen molar-refractivity contribution in [2.75, 3.05) is 0 Å². The molecule has 3 nitrogen and oxygen atoms in total. The fourth-order valence-electron chi connectivity index (χ4n) is 2.70. The molecule has 0 atom stereocenters. The van der Waals surface area contributed by atoms with Gasteiger partial charge in [-0.05, 0) is 37.1 Å². The van der Waals surface area contributed by atoms with Crippen LogP contribution in [0.15, 0.2) is 40.9 Å². The summed E-state index contributed by atoms with van der Waals surface area (Å²) in [5, 5.41) is 5.79. The average molecular weight is 394 g/mol. The summed E-state index contributed by atoms with van der Waals surface area (Å²) >= 11 is 18.7. The lowest BCUT2D eigenvalue weighted by Gasteiger charge is -2.09. The van der Waals surface area contributed by atoms with Crippen LogP contribution in [0.1, 0.15) is 30.1 Å². The lowest BCUT2D eigenvalue weighted by Crippen LogP contribution is -2.00. The Bertz CT molecular complexity index is 899. The van der Waals surface area contributed by atoms with Crippen molar-refractivity contribution in [3.05, 3.63) is 68.9 Å². The average Bonchev–Trinajstić information content (AvgIpc) is 3.34. The second-order valence-corrected chi connectivity index (χ2v) is 7.12. The zero-order valence-electron chi connectivity index (χ0n) is 13.1. The van der Waals surface area contributed by atoms with E-state index < -0.39 is 0 Å². The van der Waals surface area contributed by atoms with Crippen LogP contribution in [0.2, 0.25) is 15.1 Å². The lowest BCUT2D eigenvalue weighted by molar-refractivity contribution is 0.300. The quantitative estimate of drug-likeness (QED) is 0.492. The molecule has 0 amide bonds. The van der Waals surface area contributed by atoms with E-state index in [4.69, 9.17) is 44.1 Å². The van der Waals surface area contributed by atoms with E-state index in [2.05, 4.69) is 11.2 Å². The predicted molar refractivity (Wildman–Crippen MR) is 98.6 cm³/mol. The molecule has 2 aromatic carbocycles. The minimum Gasteiger partial charge on any atom is -0.488 e. The van der Waals surface area contributed by atoms with Gasteiger partial charge >= 0.3 is 0 Å². The van der Waals surface area contributed by atoms with E-state index in [1.54, 1.807) is 30.3 Å². The molecule has 0 spiro atoms. The molecule has 25 heavy (non-hydrogen) atoms. The van der Waals surface area contributed by atoms with Crippen LogP contribution in [0.4, 0.5) is 0 Å². The molecule has 0 bridgehead atoms. The molecule has 1 aliphatic carbocycles. The molecule has 0 unspecified atom stereocenters. The van der Waals surface area contributed by atoms with Gasteiger partial charge in [0.1, 0.15) is 23.8 Å². The minimum atomic E-state index is 0.281. The first-order valence-electron chi connectivity index (χ1n) is 7.87. The van der Waals surface area contributed by atoms with Gasteiger partial charge in [0.15, 0.2) is 0 Å². The normalized spacial score (nSPS) is 13.9. The van der Waals surface area contributed by atoms with Crippen LogP contribution in [0.25, 0.3) is 11.3 Å². The van der Waals surface area contributed by atoms with Gasteiger partial charge in [0.25, 0.3) is 0 Å². The van der Waals surface area contributed by atoms with Crippen molar-refractivity contribution in [1.82, 2.24) is 5.16 Å². The summed E-state index contributed by atoms with van der Waals surface area (Å²) in [7, 11) is 0. The van der Waals surface area contributed by atoms with Crippen LogP contribution in [-0.2, 0) is 6.61 Å². The maximum atomic E-state index is 6.35. The standard InChI is InChI=1S/C19H13Cl3NO2/c20-12-3-1-4-13(9-12)24-10-14-18(23-25-19(14)11-7-8-11)17-15(21)5-2-6-16(17)22/h1-6,11H,7-8,10H2. The molecular weight excluding hydrogens is 381 g/mol. The van der Waals surface area contributed by atoms with E-state index in [1.165, 1.54) is 0 Å². The van der Waals surface area contributed by atoms with Gasteiger partial charge in [0.2, 0.25) is 0 Å². The monoisotopic (exact) mass is 392 g/mol. The second kappa shape index (κ2) is 6.91. The third kappa shape index (κ3) is 3.50. The van der Waals surface area contributed by atoms with Crippen LogP contribution in [0.5, 0.6) is 5.75 Å². The van der Waals surface area contributed by atoms with E-state index in [9.17, 15) is 0 Å². The first-order valence-corrected chi connectivity index (χ1v) is 9.00. The molecule has 0 N–H and O–H groups in total. The van der Waals surface area contributed by atoms with Gasteiger partial charge in [0, 0.05) is 17.5 Å². The Kier molecular flexibility index (Phi) is 4.63. The smallest absolute Gasteiger partial charge is 0.147 e. The van der Waals surface area contributed by atoms with Gasteiger partial charge in [0.05, 0.1) is 20.6 Å². The fourth-order valence-corrected chi connectivity index (χ4v) is 3.45. The van der Waals surface area contributed by atoms with E-state index in [0.29, 0.717) is 38.0 Å². The fraction of sp³-hybridized carbons (Fsp3) is 0.211. The summed E-state index contributed by atoms with van der Waals surface area (Å²) in [6.07, 6.45) is 2.17. The van der Waals surface area contributed by atoms with Crippen LogP contribution < -0.4 is 4.74 Å². The number of nitrogens with zero attached hydrogens (tertiary/aromatic N) is 1. The van der Waals surface area contributed by atoms with Crippen molar-refractivity contribution in [2.45, 2.75) is 25.4 Å². The Labute approximate surface area is 160 Å². The molecule has 6 heteroatoms. The van der Waals surface area contributed by atoms with Gasteiger partial charge in [-0.3, -0.25) is 0 Å². The summed E-state index contributed by atoms with van der Waals surface area (Å²) in [5.41, 5.74) is 2.15. The third-order valence-electron chi connectivity index (χ3n) is 4.07. The number of hydrogen-bond donors (Lipinski definition) is 0. The zero-order chi connectivity index (χ0) is 17.4. The molecule has 1 radical (unpaired) electrons. The van der Waals surface area contributed by atoms with Crippen molar-refractivity contribution < 1.29 is 9.26 Å². The molecule has 1 aromatic heterocycles. The number of halogens is 3. The summed E-state index contributed by atoms with van der Waals surface area (Å²) < 4.78 is 11.5. The van der Waals surface area contributed by atoms with E-state index >= 15 is 0 Å². The van der Waals surface area contributed by atoms with Crippen molar-refractivity contribution in [3.63, 3.8) is 0 Å². The number of rotatable bonds is 5. The van der Waals surface area contributed by atoms with E-state index in [-0.39, 0.29) is 6.61 Å². The Morgan fingerprint density at radius 3 is 2.48 bits per heavy atom. The molecule has 127 valence electrons. The van der Waals surface area contributed by atoms with Crippen molar-refractivity contribution >= 4 is 34.8 Å². The van der Waals surface area contributed by atoms with E-state index in [0.717, 1.165) is 24.2 Å². The summed E-state index contributed by atoms with van der Waals surface area (Å²) in [6.45, 7) is 0.281. The first kappa shape index (κ1) is 16.8. The van der Waals surface area contributed by atoms with Crippen molar-refractivity contribution in [1.29, 1.82) is 0 Å². The zero-order valence-corrected chi connectivity index (χ0v) is 15.3. The van der Waals surface area contributed by atoms with Gasteiger partial charge in [-0.15, -0.1) is 0 Å². The maximum absolute atomic E-state index is 6.35. The Balaban J connectivity index is 1.71. The maximum Gasteiger partial charge on any atom is 0.147 e. The predicted octanol–water partition coefficient (Wildman–Crippen LogP) is 6.56. The molecule has 0 aliphatic heterocycles. The van der Waals surface area contributed by atoms with Crippen LogP contribution in [0, 0.1) is 6.07 Å². The molecule has 1 fully saturated rings. The molecule has 1 heterocycles. The highest BCUT2D eigenvalue weighted by Gasteiger charge is 2.33. The Morgan fingerprint density at radius 2 is 1.80 bits per heavy atom. The third-order valence-corrected chi connectivity index (χ3v) is 4.92. The van der Waals surface area contributed by atoms with Gasteiger partial charge < -0.3 is 9.26 Å². The number of benzene rings is 2. The van der Waals surface area contributed by atoms with Gasteiger partial charge in [-0.1, -0.05) is 52.1 Å². The van der Waals surface area contributed by atoms with Crippen LogP contribution >= 0.6 is 34.8 Å². The largest absolute Gasteiger partial charge is 0.488 e. The second-order valence-electron chi connectivity index (χ2n) is 5.90. The Morgan fingerprint density at radius 1 is 1.08 bits per heavy atom. The molecule has 1 aliphatic rings. The first-order chi connectivity index (χ1) is 12.1. The van der Waals surface area contributed by atoms with Crippen molar-refractivity contribution in [3.8, 4) is 17.0 Å². The van der Waals surface area contributed by atoms with Crippen molar-refractivity contribution in [2.24, 2.45) is 0 Å². The van der Waals surface area contributed by atoms with Crippen LogP contribution in [-0.4, -0.2) is 5.16 Å². The lowest BCUT2D eigenvalue weighted by atomic mass is 10.0. The molecule has 3 aromatic rings. The number of aromatic nitrogens is 1. The molecule has 4 rings (SSSR count). The topological polar surface area (TPSA) is 35.3 Å². The molecule has 0 saturated heterocycles.